The number of hydrogen-bond donors (Lipinski definition) is 2. The summed E-state index contributed by atoms with van der Waals surface area (Å²) >= 11 is 0. The van der Waals surface area contributed by atoms with Crippen LogP contribution in [0.5, 0.6) is 11.5 Å². The summed E-state index contributed by atoms with van der Waals surface area (Å²) in [6.07, 6.45) is 6.53. The molecule has 35 heavy (non-hydrogen) atoms. The van der Waals surface area contributed by atoms with E-state index < -0.39 is 0 Å². The molecule has 0 atom stereocenters. The molecular formula is C27H18N6O2. The number of nitriles is 1. The molecule has 0 aliphatic heterocycles. The molecule has 0 aliphatic rings. The quantitative estimate of drug-likeness (QED) is 0.336. The lowest BCUT2D eigenvalue weighted by atomic mass is 10.1. The molecule has 1 amide bonds. The smallest absolute Gasteiger partial charge is 0.274 e. The minimum absolute atomic E-state index is 0.242. The number of nitrogens with one attached hydrogen (secondary N) is 2. The minimum atomic E-state index is -0.360. The third-order valence-electron chi connectivity index (χ3n) is 5.12. The van der Waals surface area contributed by atoms with E-state index in [-0.39, 0.29) is 11.6 Å². The second-order valence-electron chi connectivity index (χ2n) is 7.52. The maximum atomic E-state index is 12.9. The molecule has 0 aliphatic carbocycles. The van der Waals surface area contributed by atoms with Gasteiger partial charge in [-0.2, -0.15) is 5.26 Å². The van der Waals surface area contributed by atoms with Crippen molar-refractivity contribution in [3.05, 3.63) is 109 Å². The van der Waals surface area contributed by atoms with Gasteiger partial charge in [0, 0.05) is 53.3 Å². The van der Waals surface area contributed by atoms with Crippen molar-refractivity contribution in [2.24, 2.45) is 0 Å². The number of benzene rings is 2. The van der Waals surface area contributed by atoms with Crippen molar-refractivity contribution in [1.29, 1.82) is 5.26 Å². The lowest BCUT2D eigenvalue weighted by Gasteiger charge is -2.11. The third kappa shape index (κ3) is 5.05. The van der Waals surface area contributed by atoms with E-state index in [1.165, 1.54) is 0 Å². The Labute approximate surface area is 200 Å². The summed E-state index contributed by atoms with van der Waals surface area (Å²) in [5.74, 6) is 0.870. The van der Waals surface area contributed by atoms with Crippen molar-refractivity contribution in [2.45, 2.75) is 0 Å². The Morgan fingerprint density at radius 2 is 1.69 bits per heavy atom. The largest absolute Gasteiger partial charge is 0.457 e. The van der Waals surface area contributed by atoms with Crippen molar-refractivity contribution in [1.82, 2.24) is 15.0 Å². The summed E-state index contributed by atoms with van der Waals surface area (Å²) in [5.41, 5.74) is 3.56. The highest BCUT2D eigenvalue weighted by Gasteiger charge is 2.11. The Hall–Kier alpha value is -5.29. The van der Waals surface area contributed by atoms with Crippen molar-refractivity contribution in [2.75, 3.05) is 10.6 Å². The number of hydrogen-bond acceptors (Lipinski definition) is 7. The number of rotatable bonds is 6. The maximum absolute atomic E-state index is 12.9. The van der Waals surface area contributed by atoms with E-state index in [0.29, 0.717) is 28.4 Å². The van der Waals surface area contributed by atoms with E-state index in [1.807, 2.05) is 6.07 Å². The molecule has 0 radical (unpaired) electrons. The van der Waals surface area contributed by atoms with E-state index in [9.17, 15) is 10.1 Å². The molecule has 5 aromatic rings. The van der Waals surface area contributed by atoms with E-state index in [0.717, 1.165) is 16.6 Å². The van der Waals surface area contributed by atoms with Gasteiger partial charge in [0.2, 0.25) is 0 Å². The van der Waals surface area contributed by atoms with E-state index in [2.05, 4.69) is 31.7 Å². The van der Waals surface area contributed by atoms with Gasteiger partial charge < -0.3 is 15.4 Å². The number of aromatic nitrogens is 3. The Balaban J connectivity index is 1.33. The first-order valence-corrected chi connectivity index (χ1v) is 10.7. The van der Waals surface area contributed by atoms with Gasteiger partial charge in [0.1, 0.15) is 17.2 Å². The number of pyridine rings is 3. The average Bonchev–Trinajstić information content (AvgIpc) is 2.89. The predicted octanol–water partition coefficient (Wildman–Crippen LogP) is 5.68. The van der Waals surface area contributed by atoms with Gasteiger partial charge in [-0.05, 0) is 60.7 Å². The standard InChI is InChI=1S/C27H18N6O2/c28-17-18-4-5-24-23(14-18)25(9-13-30-24)32-20-6-12-31-26(16-20)27(34)33-19-2-1-3-22(15-19)35-21-7-10-29-11-8-21/h1-16H,(H,33,34)(H,30,31,32). The Kier molecular flexibility index (Phi) is 5.96. The molecule has 2 aromatic carbocycles. The van der Waals surface area contributed by atoms with Crippen LogP contribution in [-0.2, 0) is 0 Å². The molecule has 0 spiro atoms. The molecule has 3 aromatic heterocycles. The monoisotopic (exact) mass is 458 g/mol. The zero-order valence-electron chi connectivity index (χ0n) is 18.3. The molecule has 168 valence electrons. The first-order chi connectivity index (χ1) is 17.2. The molecule has 0 fully saturated rings. The number of anilines is 3. The van der Waals surface area contributed by atoms with Crippen LogP contribution >= 0.6 is 0 Å². The average molecular weight is 458 g/mol. The van der Waals surface area contributed by atoms with Crippen LogP contribution in [0.1, 0.15) is 16.1 Å². The van der Waals surface area contributed by atoms with Crippen LogP contribution in [-0.4, -0.2) is 20.9 Å². The van der Waals surface area contributed by atoms with Crippen LogP contribution in [0.15, 0.2) is 97.6 Å². The summed E-state index contributed by atoms with van der Waals surface area (Å²) in [4.78, 5) is 25.4. The van der Waals surface area contributed by atoms with Crippen LogP contribution in [0, 0.1) is 11.3 Å². The van der Waals surface area contributed by atoms with Crippen LogP contribution in [0.4, 0.5) is 17.1 Å². The first-order valence-electron chi connectivity index (χ1n) is 10.7. The van der Waals surface area contributed by atoms with Crippen molar-refractivity contribution < 1.29 is 9.53 Å². The second-order valence-corrected chi connectivity index (χ2v) is 7.52. The number of nitrogens with zero attached hydrogens (tertiary/aromatic N) is 4. The fourth-order valence-electron chi connectivity index (χ4n) is 3.49. The third-order valence-corrected chi connectivity index (χ3v) is 5.12. The Morgan fingerprint density at radius 3 is 2.54 bits per heavy atom. The number of fused-ring (bicyclic) bond motifs is 1. The SMILES string of the molecule is N#Cc1ccc2nccc(Nc3ccnc(C(=O)Nc4cccc(Oc5ccncc5)c4)c3)c2c1. The fraction of sp³-hybridized carbons (Fsp3) is 0. The van der Waals surface area contributed by atoms with Gasteiger partial charge in [0.25, 0.3) is 5.91 Å². The van der Waals surface area contributed by atoms with Gasteiger partial charge in [-0.1, -0.05) is 6.07 Å². The van der Waals surface area contributed by atoms with Gasteiger partial charge >= 0.3 is 0 Å². The van der Waals surface area contributed by atoms with Crippen molar-refractivity contribution >= 4 is 33.9 Å². The summed E-state index contributed by atoms with van der Waals surface area (Å²) in [6, 6.07) is 23.3. The molecule has 0 saturated carbocycles. The van der Waals surface area contributed by atoms with E-state index in [4.69, 9.17) is 4.74 Å². The van der Waals surface area contributed by atoms with Gasteiger partial charge in [0.15, 0.2) is 0 Å². The molecule has 0 saturated heterocycles. The highest BCUT2D eigenvalue weighted by Crippen LogP contribution is 2.27. The van der Waals surface area contributed by atoms with Crippen LogP contribution in [0.2, 0.25) is 0 Å². The first kappa shape index (κ1) is 21.6. The molecular weight excluding hydrogens is 440 g/mol. The molecule has 2 N–H and O–H groups in total. The van der Waals surface area contributed by atoms with Crippen molar-refractivity contribution in [3.8, 4) is 17.6 Å². The number of amides is 1. The second kappa shape index (κ2) is 9.68. The Morgan fingerprint density at radius 1 is 0.829 bits per heavy atom. The molecule has 3 heterocycles. The van der Waals surface area contributed by atoms with E-state index >= 15 is 0 Å². The molecule has 0 unspecified atom stereocenters. The molecule has 0 bridgehead atoms. The van der Waals surface area contributed by atoms with Gasteiger partial charge in [-0.15, -0.1) is 0 Å². The summed E-state index contributed by atoms with van der Waals surface area (Å²) in [6.45, 7) is 0. The summed E-state index contributed by atoms with van der Waals surface area (Å²) in [5, 5.41) is 16.2. The van der Waals surface area contributed by atoms with Crippen LogP contribution in [0.3, 0.4) is 0 Å². The number of carbonyl (C=O) groups is 1. The zero-order valence-corrected chi connectivity index (χ0v) is 18.3. The van der Waals surface area contributed by atoms with Gasteiger partial charge in [0.05, 0.1) is 17.1 Å². The normalized spacial score (nSPS) is 10.4. The van der Waals surface area contributed by atoms with Crippen LogP contribution < -0.4 is 15.4 Å². The van der Waals surface area contributed by atoms with E-state index in [1.54, 1.807) is 91.5 Å². The highest BCUT2D eigenvalue weighted by molar-refractivity contribution is 6.03. The molecule has 8 nitrogen and oxygen atoms in total. The topological polar surface area (TPSA) is 113 Å². The number of carbonyl (C=O) groups excluding carboxylic acids is 1. The Bertz CT molecular complexity index is 1560. The van der Waals surface area contributed by atoms with Gasteiger partial charge in [-0.25, -0.2) is 0 Å². The minimum Gasteiger partial charge on any atom is -0.457 e. The zero-order chi connectivity index (χ0) is 24.0. The van der Waals surface area contributed by atoms with Gasteiger partial charge in [-0.3, -0.25) is 19.7 Å². The predicted molar refractivity (Wildman–Crippen MR) is 133 cm³/mol. The summed E-state index contributed by atoms with van der Waals surface area (Å²) < 4.78 is 5.80. The molecule has 5 rings (SSSR count). The lowest BCUT2D eigenvalue weighted by molar-refractivity contribution is 0.102. The maximum Gasteiger partial charge on any atom is 0.274 e. The fourth-order valence-corrected chi connectivity index (χ4v) is 3.49. The van der Waals surface area contributed by atoms with Crippen LogP contribution in [0.25, 0.3) is 10.9 Å². The highest BCUT2D eigenvalue weighted by atomic mass is 16.5. The molecule has 8 heteroatoms. The summed E-state index contributed by atoms with van der Waals surface area (Å²) in [7, 11) is 0. The lowest BCUT2D eigenvalue weighted by Crippen LogP contribution is -2.13. The van der Waals surface area contributed by atoms with Crippen molar-refractivity contribution in [3.63, 3.8) is 0 Å². The number of ether oxygens (including phenoxy) is 1.